The van der Waals surface area contributed by atoms with Crippen LogP contribution in [0.25, 0.3) is 0 Å². The minimum atomic E-state index is -0.330. The molecule has 0 amide bonds. The van der Waals surface area contributed by atoms with Crippen LogP contribution < -0.4 is 4.74 Å². The Balaban J connectivity index is 2.50. The van der Waals surface area contributed by atoms with Gasteiger partial charge in [0.15, 0.2) is 0 Å². The molecule has 0 heterocycles. The smallest absolute Gasteiger partial charge is 0.136 e. The van der Waals surface area contributed by atoms with E-state index in [1.54, 1.807) is 6.07 Å². The number of nitriles is 1. The van der Waals surface area contributed by atoms with Crippen molar-refractivity contribution in [2.75, 3.05) is 6.61 Å². The Hall–Kier alpha value is -1.08. The third-order valence-electron chi connectivity index (χ3n) is 1.58. The van der Waals surface area contributed by atoms with Gasteiger partial charge in [-0.25, -0.2) is 4.39 Å². The molecule has 1 rings (SSSR count). The van der Waals surface area contributed by atoms with Gasteiger partial charge in [-0.3, -0.25) is 0 Å². The molecule has 0 bridgehead atoms. The summed E-state index contributed by atoms with van der Waals surface area (Å²) in [5.41, 5.74) is 0. The third kappa shape index (κ3) is 3.35. The molecular formula is C10H9BrFNO. The van der Waals surface area contributed by atoms with Crippen molar-refractivity contribution in [2.45, 2.75) is 12.8 Å². The summed E-state index contributed by atoms with van der Waals surface area (Å²) in [7, 11) is 0. The zero-order chi connectivity index (χ0) is 10.4. The van der Waals surface area contributed by atoms with Gasteiger partial charge in [-0.2, -0.15) is 5.26 Å². The lowest BCUT2D eigenvalue weighted by molar-refractivity contribution is 0.309. The molecule has 0 unspecified atom stereocenters. The first-order valence-electron chi connectivity index (χ1n) is 4.19. The van der Waals surface area contributed by atoms with Crippen molar-refractivity contribution in [3.63, 3.8) is 0 Å². The first-order valence-corrected chi connectivity index (χ1v) is 4.98. The first-order chi connectivity index (χ1) is 6.74. The predicted molar refractivity (Wildman–Crippen MR) is 54.4 cm³/mol. The fourth-order valence-corrected chi connectivity index (χ4v) is 1.28. The Bertz CT molecular complexity index is 348. The van der Waals surface area contributed by atoms with E-state index in [1.165, 1.54) is 12.1 Å². The Kier molecular flexibility index (Phi) is 4.41. The molecule has 0 N–H and O–H groups in total. The van der Waals surface area contributed by atoms with Gasteiger partial charge in [-0.15, -0.1) is 0 Å². The van der Waals surface area contributed by atoms with E-state index in [0.29, 0.717) is 25.2 Å². The number of rotatable bonds is 4. The van der Waals surface area contributed by atoms with Gasteiger partial charge in [0.1, 0.15) is 11.6 Å². The molecule has 0 radical (unpaired) electrons. The number of ether oxygens (including phenoxy) is 1. The second-order valence-electron chi connectivity index (χ2n) is 2.68. The van der Waals surface area contributed by atoms with Crippen LogP contribution in [0, 0.1) is 17.1 Å². The van der Waals surface area contributed by atoms with Crippen molar-refractivity contribution in [3.8, 4) is 11.8 Å². The Morgan fingerprint density at radius 1 is 1.50 bits per heavy atom. The summed E-state index contributed by atoms with van der Waals surface area (Å²) in [5.74, 6) is 0.145. The van der Waals surface area contributed by atoms with Gasteiger partial charge in [0.2, 0.25) is 0 Å². The van der Waals surface area contributed by atoms with E-state index >= 15 is 0 Å². The third-order valence-corrected chi connectivity index (χ3v) is 2.24. The molecular weight excluding hydrogens is 249 g/mol. The Labute approximate surface area is 90.4 Å². The molecule has 0 aliphatic carbocycles. The van der Waals surface area contributed by atoms with Crippen molar-refractivity contribution >= 4 is 15.9 Å². The minimum absolute atomic E-state index is 0.330. The number of hydrogen-bond acceptors (Lipinski definition) is 2. The molecule has 0 aliphatic rings. The number of halogens is 2. The Morgan fingerprint density at radius 3 is 3.00 bits per heavy atom. The largest absolute Gasteiger partial charge is 0.492 e. The molecule has 0 aliphatic heterocycles. The van der Waals surface area contributed by atoms with E-state index < -0.39 is 0 Å². The first kappa shape index (κ1) is 11.0. The highest BCUT2D eigenvalue weighted by atomic mass is 79.9. The molecule has 1 aromatic carbocycles. The van der Waals surface area contributed by atoms with E-state index in [0.717, 1.165) is 4.47 Å². The standard InChI is InChI=1S/C10H9BrFNO/c11-9-4-3-8(12)7-10(9)14-6-2-1-5-13/h3-4,7H,1-2,6H2. The van der Waals surface area contributed by atoms with Gasteiger partial charge >= 0.3 is 0 Å². The maximum atomic E-state index is 12.8. The average molecular weight is 258 g/mol. The summed E-state index contributed by atoms with van der Waals surface area (Å²) >= 11 is 3.24. The van der Waals surface area contributed by atoms with Gasteiger partial charge in [0.25, 0.3) is 0 Å². The van der Waals surface area contributed by atoms with Crippen molar-refractivity contribution in [3.05, 3.63) is 28.5 Å². The normalized spacial score (nSPS) is 9.50. The van der Waals surface area contributed by atoms with Crippen LogP contribution in [0.3, 0.4) is 0 Å². The molecule has 0 saturated carbocycles. The van der Waals surface area contributed by atoms with Gasteiger partial charge in [-0.1, -0.05) is 0 Å². The summed E-state index contributed by atoms with van der Waals surface area (Å²) in [5, 5.41) is 8.29. The van der Waals surface area contributed by atoms with Gasteiger partial charge in [-0.05, 0) is 34.5 Å². The van der Waals surface area contributed by atoms with Crippen molar-refractivity contribution in [1.82, 2.24) is 0 Å². The highest BCUT2D eigenvalue weighted by molar-refractivity contribution is 9.10. The maximum Gasteiger partial charge on any atom is 0.136 e. The highest BCUT2D eigenvalue weighted by Gasteiger charge is 2.02. The predicted octanol–water partition coefficient (Wildman–Crippen LogP) is 3.27. The van der Waals surface area contributed by atoms with Crippen LogP contribution in [-0.4, -0.2) is 6.61 Å². The SMILES string of the molecule is N#CCCCOc1cc(F)ccc1Br. The lowest BCUT2D eigenvalue weighted by Gasteiger charge is -2.06. The fraction of sp³-hybridized carbons (Fsp3) is 0.300. The molecule has 0 saturated heterocycles. The number of unbranched alkanes of at least 4 members (excludes halogenated alkanes) is 1. The average Bonchev–Trinajstić information content (AvgIpc) is 2.18. The van der Waals surface area contributed by atoms with E-state index in [9.17, 15) is 4.39 Å². The molecule has 74 valence electrons. The molecule has 0 aromatic heterocycles. The van der Waals surface area contributed by atoms with E-state index in [1.807, 2.05) is 6.07 Å². The van der Waals surface area contributed by atoms with E-state index in [4.69, 9.17) is 10.00 Å². The fourth-order valence-electron chi connectivity index (χ4n) is 0.921. The summed E-state index contributed by atoms with van der Waals surface area (Å²) < 4.78 is 18.8. The molecule has 2 nitrogen and oxygen atoms in total. The summed E-state index contributed by atoms with van der Waals surface area (Å²) in [6.45, 7) is 0.426. The van der Waals surface area contributed by atoms with E-state index in [2.05, 4.69) is 15.9 Å². The van der Waals surface area contributed by atoms with Crippen molar-refractivity contribution in [2.24, 2.45) is 0 Å². The summed E-state index contributed by atoms with van der Waals surface area (Å²) in [4.78, 5) is 0. The molecule has 1 aromatic rings. The maximum absolute atomic E-state index is 12.8. The number of benzene rings is 1. The van der Waals surface area contributed by atoms with Crippen LogP contribution >= 0.6 is 15.9 Å². The monoisotopic (exact) mass is 257 g/mol. The second-order valence-corrected chi connectivity index (χ2v) is 3.54. The molecule has 4 heteroatoms. The van der Waals surface area contributed by atoms with Crippen LogP contribution in [-0.2, 0) is 0 Å². The molecule has 0 atom stereocenters. The van der Waals surface area contributed by atoms with Gasteiger partial charge < -0.3 is 4.74 Å². The highest BCUT2D eigenvalue weighted by Crippen LogP contribution is 2.25. The van der Waals surface area contributed by atoms with Crippen LogP contribution in [0.1, 0.15) is 12.8 Å². The van der Waals surface area contributed by atoms with Crippen LogP contribution in [0.15, 0.2) is 22.7 Å². The van der Waals surface area contributed by atoms with Crippen molar-refractivity contribution in [1.29, 1.82) is 5.26 Å². The molecule has 0 spiro atoms. The van der Waals surface area contributed by atoms with Crippen LogP contribution in [0.4, 0.5) is 4.39 Å². The van der Waals surface area contributed by atoms with Crippen LogP contribution in [0.5, 0.6) is 5.75 Å². The zero-order valence-corrected chi connectivity index (χ0v) is 9.05. The van der Waals surface area contributed by atoms with Crippen LogP contribution in [0.2, 0.25) is 0 Å². The van der Waals surface area contributed by atoms with Gasteiger partial charge in [0.05, 0.1) is 17.1 Å². The zero-order valence-electron chi connectivity index (χ0n) is 7.46. The number of nitrogens with zero attached hydrogens (tertiary/aromatic N) is 1. The Morgan fingerprint density at radius 2 is 2.29 bits per heavy atom. The summed E-state index contributed by atoms with van der Waals surface area (Å²) in [6, 6.07) is 6.28. The number of hydrogen-bond donors (Lipinski definition) is 0. The lowest BCUT2D eigenvalue weighted by Crippen LogP contribution is -1.97. The quantitative estimate of drug-likeness (QED) is 0.776. The summed E-state index contributed by atoms with van der Waals surface area (Å²) in [6.07, 6.45) is 1.10. The topological polar surface area (TPSA) is 33.0 Å². The second kappa shape index (κ2) is 5.61. The minimum Gasteiger partial charge on any atom is -0.492 e. The van der Waals surface area contributed by atoms with Gasteiger partial charge in [0, 0.05) is 12.5 Å². The van der Waals surface area contributed by atoms with E-state index in [-0.39, 0.29) is 5.82 Å². The molecule has 14 heavy (non-hydrogen) atoms. The molecule has 0 fully saturated rings. The van der Waals surface area contributed by atoms with Crippen molar-refractivity contribution < 1.29 is 9.13 Å². The lowest BCUT2D eigenvalue weighted by atomic mass is 10.3.